The van der Waals surface area contributed by atoms with Gasteiger partial charge in [-0.2, -0.15) is 0 Å². The minimum Gasteiger partial charge on any atom is -0.398 e. The van der Waals surface area contributed by atoms with Gasteiger partial charge in [-0.05, 0) is 31.0 Å². The van der Waals surface area contributed by atoms with Crippen molar-refractivity contribution in [2.45, 2.75) is 25.2 Å². The second-order valence-corrected chi connectivity index (χ2v) is 4.70. The largest absolute Gasteiger partial charge is 0.398 e. The van der Waals surface area contributed by atoms with Crippen LogP contribution in [-0.2, 0) is 4.79 Å². The molecule has 0 aliphatic heterocycles. The molecule has 1 amide bonds. The fraction of sp³-hybridized carbons (Fsp3) is 0.417. The number of carbonyl (C=O) groups excluding carboxylic acids is 1. The number of benzene rings is 1. The van der Waals surface area contributed by atoms with Gasteiger partial charge in [0.05, 0.1) is 5.75 Å². The molecule has 1 rings (SSSR count). The van der Waals surface area contributed by atoms with E-state index in [9.17, 15) is 4.79 Å². The molecule has 0 aliphatic rings. The Kier molecular flexibility index (Phi) is 5.19. The van der Waals surface area contributed by atoms with Crippen LogP contribution in [0.5, 0.6) is 0 Å². The summed E-state index contributed by atoms with van der Waals surface area (Å²) in [5.74, 6) is 0.487. The van der Waals surface area contributed by atoms with Crippen molar-refractivity contribution in [2.24, 2.45) is 0 Å². The Morgan fingerprint density at radius 1 is 1.50 bits per heavy atom. The Labute approximate surface area is 101 Å². The number of nitrogens with two attached hydrogens (primary N) is 1. The van der Waals surface area contributed by atoms with E-state index in [2.05, 4.69) is 5.32 Å². The van der Waals surface area contributed by atoms with Crippen LogP contribution in [-0.4, -0.2) is 18.2 Å². The molecule has 16 heavy (non-hydrogen) atoms. The van der Waals surface area contributed by atoms with Gasteiger partial charge in [0, 0.05) is 17.1 Å². The standard InChI is InChI=1S/C12H18N2OS/c1-3-6-14-12(15)8-16-11-7-9(2)4-5-10(11)13/h4-5,7H,3,6,8,13H2,1-2H3,(H,14,15). The van der Waals surface area contributed by atoms with E-state index in [0.29, 0.717) is 5.75 Å². The van der Waals surface area contributed by atoms with Gasteiger partial charge in [-0.25, -0.2) is 0 Å². The highest BCUT2D eigenvalue weighted by Gasteiger charge is 2.04. The minimum atomic E-state index is 0.0627. The Hall–Kier alpha value is -1.16. The summed E-state index contributed by atoms with van der Waals surface area (Å²) in [5, 5.41) is 2.84. The van der Waals surface area contributed by atoms with Crippen molar-refractivity contribution < 1.29 is 4.79 Å². The van der Waals surface area contributed by atoms with Gasteiger partial charge in [0.2, 0.25) is 5.91 Å². The van der Waals surface area contributed by atoms with Crippen LogP contribution in [0.3, 0.4) is 0 Å². The molecule has 0 aliphatic carbocycles. The van der Waals surface area contributed by atoms with Crippen molar-refractivity contribution in [1.29, 1.82) is 0 Å². The van der Waals surface area contributed by atoms with Gasteiger partial charge in [0.25, 0.3) is 0 Å². The number of carbonyl (C=O) groups is 1. The zero-order valence-corrected chi connectivity index (χ0v) is 10.6. The molecule has 0 unspecified atom stereocenters. The molecule has 0 fully saturated rings. The number of thioether (sulfide) groups is 1. The smallest absolute Gasteiger partial charge is 0.230 e. The molecule has 0 aromatic heterocycles. The number of nitrogens with one attached hydrogen (secondary N) is 1. The third kappa shape index (κ3) is 4.14. The summed E-state index contributed by atoms with van der Waals surface area (Å²) in [6, 6.07) is 5.85. The maximum atomic E-state index is 11.4. The third-order valence-corrected chi connectivity index (χ3v) is 3.17. The normalized spacial score (nSPS) is 10.1. The highest BCUT2D eigenvalue weighted by molar-refractivity contribution is 8.00. The van der Waals surface area contributed by atoms with Gasteiger partial charge >= 0.3 is 0 Å². The van der Waals surface area contributed by atoms with Crippen LogP contribution in [0.2, 0.25) is 0 Å². The zero-order valence-electron chi connectivity index (χ0n) is 9.75. The number of aryl methyl sites for hydroxylation is 1. The second-order valence-electron chi connectivity index (χ2n) is 3.68. The minimum absolute atomic E-state index is 0.0627. The molecule has 0 saturated carbocycles. The number of anilines is 1. The Morgan fingerprint density at radius 3 is 2.94 bits per heavy atom. The average molecular weight is 238 g/mol. The topological polar surface area (TPSA) is 55.1 Å². The Morgan fingerprint density at radius 2 is 2.25 bits per heavy atom. The molecule has 0 spiro atoms. The van der Waals surface area contributed by atoms with Crippen molar-refractivity contribution >= 4 is 23.4 Å². The summed E-state index contributed by atoms with van der Waals surface area (Å²) in [4.78, 5) is 12.4. The van der Waals surface area contributed by atoms with Crippen molar-refractivity contribution in [3.05, 3.63) is 23.8 Å². The number of nitrogen functional groups attached to an aromatic ring is 1. The van der Waals surface area contributed by atoms with Gasteiger partial charge in [0.1, 0.15) is 0 Å². The lowest BCUT2D eigenvalue weighted by molar-refractivity contribution is -0.118. The number of hydrogen-bond donors (Lipinski definition) is 2. The highest BCUT2D eigenvalue weighted by atomic mass is 32.2. The van der Waals surface area contributed by atoms with Gasteiger partial charge in [-0.15, -0.1) is 11.8 Å². The van der Waals surface area contributed by atoms with Gasteiger partial charge in [-0.1, -0.05) is 13.0 Å². The molecule has 88 valence electrons. The van der Waals surface area contributed by atoms with Crippen LogP contribution in [0.4, 0.5) is 5.69 Å². The van der Waals surface area contributed by atoms with Crippen LogP contribution in [0, 0.1) is 6.92 Å². The first kappa shape index (κ1) is 12.9. The summed E-state index contributed by atoms with van der Waals surface area (Å²) >= 11 is 1.48. The fourth-order valence-corrected chi connectivity index (χ4v) is 2.12. The van der Waals surface area contributed by atoms with Crippen LogP contribution < -0.4 is 11.1 Å². The van der Waals surface area contributed by atoms with E-state index in [1.807, 2.05) is 32.0 Å². The van der Waals surface area contributed by atoms with E-state index in [0.717, 1.165) is 29.1 Å². The van der Waals surface area contributed by atoms with Crippen molar-refractivity contribution in [2.75, 3.05) is 18.0 Å². The molecule has 1 aromatic carbocycles. The van der Waals surface area contributed by atoms with Gasteiger partial charge < -0.3 is 11.1 Å². The summed E-state index contributed by atoms with van der Waals surface area (Å²) in [5.41, 5.74) is 7.72. The Balaban J connectivity index is 2.47. The quantitative estimate of drug-likeness (QED) is 0.611. The van der Waals surface area contributed by atoms with E-state index >= 15 is 0 Å². The molecule has 3 nitrogen and oxygen atoms in total. The highest BCUT2D eigenvalue weighted by Crippen LogP contribution is 2.25. The van der Waals surface area contributed by atoms with E-state index in [1.54, 1.807) is 0 Å². The number of hydrogen-bond acceptors (Lipinski definition) is 3. The molecule has 1 aromatic rings. The molecule has 0 atom stereocenters. The third-order valence-electron chi connectivity index (χ3n) is 2.10. The first-order chi connectivity index (χ1) is 7.63. The van der Waals surface area contributed by atoms with Crippen LogP contribution in [0.25, 0.3) is 0 Å². The van der Waals surface area contributed by atoms with E-state index < -0.39 is 0 Å². The molecule has 0 radical (unpaired) electrons. The summed E-state index contributed by atoms with van der Waals surface area (Å²) in [6.45, 7) is 4.79. The van der Waals surface area contributed by atoms with E-state index in [1.165, 1.54) is 11.8 Å². The molecule has 0 heterocycles. The maximum Gasteiger partial charge on any atom is 0.230 e. The first-order valence-electron chi connectivity index (χ1n) is 5.39. The zero-order chi connectivity index (χ0) is 12.0. The van der Waals surface area contributed by atoms with Crippen LogP contribution in [0.1, 0.15) is 18.9 Å². The molecule has 0 bridgehead atoms. The van der Waals surface area contributed by atoms with Crippen LogP contribution in [0.15, 0.2) is 23.1 Å². The monoisotopic (exact) mass is 238 g/mol. The predicted molar refractivity (Wildman–Crippen MR) is 69.6 cm³/mol. The van der Waals surface area contributed by atoms with Crippen molar-refractivity contribution in [1.82, 2.24) is 5.32 Å². The Bertz CT molecular complexity index is 366. The average Bonchev–Trinajstić information content (AvgIpc) is 2.27. The molecule has 4 heteroatoms. The lowest BCUT2D eigenvalue weighted by Gasteiger charge is -2.06. The molecule has 3 N–H and O–H groups in total. The summed E-state index contributed by atoms with van der Waals surface area (Å²) in [7, 11) is 0. The number of rotatable bonds is 5. The maximum absolute atomic E-state index is 11.4. The lowest BCUT2D eigenvalue weighted by atomic mass is 10.2. The summed E-state index contributed by atoms with van der Waals surface area (Å²) < 4.78 is 0. The second kappa shape index (κ2) is 6.43. The van der Waals surface area contributed by atoms with Gasteiger partial charge in [-0.3, -0.25) is 4.79 Å². The number of amides is 1. The first-order valence-corrected chi connectivity index (χ1v) is 6.37. The fourth-order valence-electron chi connectivity index (χ4n) is 1.23. The SMILES string of the molecule is CCCNC(=O)CSc1cc(C)ccc1N. The van der Waals surface area contributed by atoms with Crippen molar-refractivity contribution in [3.8, 4) is 0 Å². The van der Waals surface area contributed by atoms with E-state index in [4.69, 9.17) is 5.73 Å². The van der Waals surface area contributed by atoms with Crippen LogP contribution >= 0.6 is 11.8 Å². The summed E-state index contributed by atoms with van der Waals surface area (Å²) in [6.07, 6.45) is 0.961. The molecule has 0 saturated heterocycles. The van der Waals surface area contributed by atoms with Crippen molar-refractivity contribution in [3.63, 3.8) is 0 Å². The van der Waals surface area contributed by atoms with Gasteiger partial charge in [0.15, 0.2) is 0 Å². The lowest BCUT2D eigenvalue weighted by Crippen LogP contribution is -2.25. The van der Waals surface area contributed by atoms with E-state index in [-0.39, 0.29) is 5.91 Å². The molecular weight excluding hydrogens is 220 g/mol. The predicted octanol–water partition coefficient (Wildman–Crippen LogP) is 2.20. The molecular formula is C12H18N2OS.